The number of alkyl halides is 2. The fourth-order valence-corrected chi connectivity index (χ4v) is 4.11. The van der Waals surface area contributed by atoms with Gasteiger partial charge in [0.05, 0.1) is 11.2 Å². The van der Waals surface area contributed by atoms with Crippen molar-refractivity contribution in [2.24, 2.45) is 0 Å². The molecule has 1 heterocycles. The molecule has 1 unspecified atom stereocenters. The number of allylic oxidation sites excluding steroid dienone is 5. The van der Waals surface area contributed by atoms with Crippen LogP contribution in [0.15, 0.2) is 129 Å². The van der Waals surface area contributed by atoms with Crippen LogP contribution in [0.2, 0.25) is 0 Å². The molecular weight excluding hydrogens is 534 g/mol. The Morgan fingerprint density at radius 2 is 1.47 bits per heavy atom. The Hall–Kier alpha value is -4.33. The van der Waals surface area contributed by atoms with Gasteiger partial charge < -0.3 is 0 Å². The Bertz CT molecular complexity index is 1340. The van der Waals surface area contributed by atoms with E-state index in [0.717, 1.165) is 34.9 Å². The smallest absolute Gasteiger partial charge is 0.270 e. The lowest BCUT2D eigenvalue weighted by Gasteiger charge is -2.36. The molecule has 0 saturated carbocycles. The zero-order valence-corrected chi connectivity index (χ0v) is 26.8. The average molecular weight is 583 g/mol. The standard InChI is InChI=1S/C31H34F2N2.C4H8.C2H4.C2H2/c1-6-7-8-10-24(3)20-31(29-18-15-25(4)21-34-29,35-22-26-16-13-23(2)14-17-26)28-12-9-11-27(19-28)30(5,32)33;1-4(2)3;2*1-2/h6-19,21,35H,1,20,22H2,2-5H3;1H2,2-3H3;1-2H2;1-2H/b8-7-,24-10+;;;. The molecule has 228 valence electrons. The molecule has 0 aliphatic carbocycles. The maximum absolute atomic E-state index is 14.4. The summed E-state index contributed by atoms with van der Waals surface area (Å²) in [6.45, 7) is 24.8. The molecule has 2 nitrogen and oxygen atoms in total. The van der Waals surface area contributed by atoms with Crippen LogP contribution in [0, 0.1) is 26.7 Å². The summed E-state index contributed by atoms with van der Waals surface area (Å²) in [5.74, 6) is -2.95. The Balaban J connectivity index is 0.00000200. The van der Waals surface area contributed by atoms with Crippen LogP contribution >= 0.6 is 0 Å². The molecule has 0 fully saturated rings. The Morgan fingerprint density at radius 3 is 1.98 bits per heavy atom. The summed E-state index contributed by atoms with van der Waals surface area (Å²) in [6, 6.07) is 19.0. The number of hydrogen-bond acceptors (Lipinski definition) is 2. The highest BCUT2D eigenvalue weighted by molar-refractivity contribution is 5.41. The first kappa shape index (κ1) is 38.7. The lowest BCUT2D eigenvalue weighted by Crippen LogP contribution is -2.44. The Labute approximate surface area is 259 Å². The van der Waals surface area contributed by atoms with Gasteiger partial charge in [0, 0.05) is 25.2 Å². The summed E-state index contributed by atoms with van der Waals surface area (Å²) in [5.41, 5.74) is 6.28. The summed E-state index contributed by atoms with van der Waals surface area (Å²) in [4.78, 5) is 4.78. The second-order valence-electron chi connectivity index (χ2n) is 10.5. The molecule has 4 heteroatoms. The summed E-state index contributed by atoms with van der Waals surface area (Å²) < 4.78 is 28.7. The molecule has 0 bridgehead atoms. The molecule has 43 heavy (non-hydrogen) atoms. The van der Waals surface area contributed by atoms with Crippen LogP contribution in [0.25, 0.3) is 0 Å². The number of benzene rings is 2. The molecule has 0 saturated heterocycles. The van der Waals surface area contributed by atoms with E-state index in [2.05, 4.69) is 75.7 Å². The second kappa shape index (κ2) is 19.7. The van der Waals surface area contributed by atoms with Crippen LogP contribution in [-0.4, -0.2) is 4.98 Å². The van der Waals surface area contributed by atoms with Crippen molar-refractivity contribution in [1.29, 1.82) is 0 Å². The number of rotatable bonds is 10. The zero-order valence-electron chi connectivity index (χ0n) is 26.8. The average Bonchev–Trinajstić information content (AvgIpc) is 2.98. The minimum absolute atomic E-state index is 0.0168. The van der Waals surface area contributed by atoms with Crippen LogP contribution in [0.3, 0.4) is 0 Å². The molecule has 3 rings (SSSR count). The molecule has 2 aromatic carbocycles. The van der Waals surface area contributed by atoms with Crippen molar-refractivity contribution >= 4 is 0 Å². The molecule has 0 radical (unpaired) electrons. The van der Waals surface area contributed by atoms with E-state index in [9.17, 15) is 8.78 Å². The van der Waals surface area contributed by atoms with Crippen LogP contribution in [-0.2, 0) is 18.0 Å². The number of terminal acetylenes is 1. The van der Waals surface area contributed by atoms with Crippen molar-refractivity contribution in [2.75, 3.05) is 0 Å². The molecule has 0 aliphatic rings. The van der Waals surface area contributed by atoms with Gasteiger partial charge in [-0.25, -0.2) is 8.78 Å². The highest BCUT2D eigenvalue weighted by Gasteiger charge is 2.37. The predicted octanol–water partition coefficient (Wildman–Crippen LogP) is 10.6. The maximum Gasteiger partial charge on any atom is 0.270 e. The van der Waals surface area contributed by atoms with Gasteiger partial charge in [-0.15, -0.1) is 32.6 Å². The van der Waals surface area contributed by atoms with Crippen LogP contribution in [0.5, 0.6) is 0 Å². The van der Waals surface area contributed by atoms with Gasteiger partial charge in [-0.05, 0) is 69.9 Å². The first-order valence-corrected chi connectivity index (χ1v) is 14.0. The third kappa shape index (κ3) is 13.5. The van der Waals surface area contributed by atoms with Crippen molar-refractivity contribution in [3.63, 3.8) is 0 Å². The Kier molecular flexibility index (Phi) is 17.7. The van der Waals surface area contributed by atoms with Gasteiger partial charge in [0.25, 0.3) is 5.92 Å². The van der Waals surface area contributed by atoms with Crippen molar-refractivity contribution in [3.8, 4) is 12.8 Å². The van der Waals surface area contributed by atoms with Crippen LogP contribution < -0.4 is 5.32 Å². The van der Waals surface area contributed by atoms with Gasteiger partial charge in [0.2, 0.25) is 0 Å². The number of halogens is 2. The topological polar surface area (TPSA) is 24.9 Å². The molecule has 1 atom stereocenters. The van der Waals surface area contributed by atoms with E-state index in [-0.39, 0.29) is 5.56 Å². The first-order chi connectivity index (χ1) is 20.4. The molecule has 1 aromatic heterocycles. The lowest BCUT2D eigenvalue weighted by atomic mass is 9.79. The van der Waals surface area contributed by atoms with E-state index >= 15 is 0 Å². The molecule has 0 amide bonds. The normalized spacial score (nSPS) is 12.3. The molecule has 1 N–H and O–H groups in total. The molecular formula is C39H48F2N2. The summed E-state index contributed by atoms with van der Waals surface area (Å²) in [7, 11) is 0. The van der Waals surface area contributed by atoms with Gasteiger partial charge in [-0.2, -0.15) is 0 Å². The zero-order chi connectivity index (χ0) is 33.1. The minimum atomic E-state index is -2.95. The third-order valence-electron chi connectivity index (χ3n) is 6.10. The Morgan fingerprint density at radius 1 is 0.907 bits per heavy atom. The fraction of sp³-hybridized carbons (Fsp3) is 0.256. The molecule has 0 aliphatic heterocycles. The quantitative estimate of drug-likeness (QED) is 0.146. The molecule has 0 spiro atoms. The first-order valence-electron chi connectivity index (χ1n) is 14.0. The largest absolute Gasteiger partial charge is 0.298 e. The number of nitrogens with one attached hydrogen (secondary N) is 1. The fourth-order valence-electron chi connectivity index (χ4n) is 4.11. The van der Waals surface area contributed by atoms with Gasteiger partial charge >= 0.3 is 0 Å². The maximum atomic E-state index is 14.4. The summed E-state index contributed by atoms with van der Waals surface area (Å²) in [6.07, 6.45) is 17.9. The van der Waals surface area contributed by atoms with Gasteiger partial charge in [-0.1, -0.05) is 96.1 Å². The van der Waals surface area contributed by atoms with Gasteiger partial charge in [0.15, 0.2) is 0 Å². The number of aryl methyl sites for hydroxylation is 2. The lowest BCUT2D eigenvalue weighted by molar-refractivity contribution is 0.0173. The van der Waals surface area contributed by atoms with Gasteiger partial charge in [-0.3, -0.25) is 10.3 Å². The van der Waals surface area contributed by atoms with Crippen LogP contribution in [0.4, 0.5) is 8.78 Å². The van der Waals surface area contributed by atoms with E-state index in [1.165, 1.54) is 17.2 Å². The minimum Gasteiger partial charge on any atom is -0.298 e. The number of aromatic nitrogens is 1. The highest BCUT2D eigenvalue weighted by atomic mass is 19.3. The number of nitrogens with zero attached hydrogens (tertiary/aromatic N) is 1. The SMILES string of the molecule is C#C.C=C.C=C(C)C.C=C/C=C\C=C(/C)CC(NCc1ccc(C)cc1)(c1cccc(C(C)(F)F)c1)c1ccc(C)cn1. The summed E-state index contributed by atoms with van der Waals surface area (Å²) >= 11 is 0. The van der Waals surface area contributed by atoms with Crippen molar-refractivity contribution in [1.82, 2.24) is 10.3 Å². The number of pyridine rings is 1. The monoisotopic (exact) mass is 582 g/mol. The van der Waals surface area contributed by atoms with Crippen molar-refractivity contribution in [3.05, 3.63) is 162 Å². The highest BCUT2D eigenvalue weighted by Crippen LogP contribution is 2.38. The van der Waals surface area contributed by atoms with E-state index in [1.54, 1.807) is 18.2 Å². The van der Waals surface area contributed by atoms with E-state index < -0.39 is 11.5 Å². The van der Waals surface area contributed by atoms with Crippen LogP contribution in [0.1, 0.15) is 67.6 Å². The summed E-state index contributed by atoms with van der Waals surface area (Å²) in [5, 5.41) is 3.73. The second-order valence-corrected chi connectivity index (χ2v) is 10.5. The number of hydrogen-bond donors (Lipinski definition) is 1. The van der Waals surface area contributed by atoms with Crippen molar-refractivity contribution < 1.29 is 8.78 Å². The molecule has 3 aromatic rings. The van der Waals surface area contributed by atoms with Crippen molar-refractivity contribution in [2.45, 2.75) is 66.0 Å². The van der Waals surface area contributed by atoms with E-state index in [1.807, 2.05) is 70.3 Å². The van der Waals surface area contributed by atoms with E-state index in [0.29, 0.717) is 13.0 Å². The van der Waals surface area contributed by atoms with E-state index in [4.69, 9.17) is 4.98 Å². The van der Waals surface area contributed by atoms with Gasteiger partial charge in [0.1, 0.15) is 0 Å². The third-order valence-corrected chi connectivity index (χ3v) is 6.10. The predicted molar refractivity (Wildman–Crippen MR) is 183 cm³/mol.